The molecule has 0 aliphatic heterocycles. The van der Waals surface area contributed by atoms with E-state index in [0.717, 1.165) is 48.2 Å². The highest BCUT2D eigenvalue weighted by atomic mass is 16.5. The number of benzene rings is 2. The molecule has 1 saturated carbocycles. The van der Waals surface area contributed by atoms with Crippen LogP contribution in [0.25, 0.3) is 10.9 Å². The molecule has 1 aliphatic carbocycles. The molecule has 5 rings (SSSR count). The van der Waals surface area contributed by atoms with Crippen LogP contribution in [0.1, 0.15) is 41.7 Å². The predicted molar refractivity (Wildman–Crippen MR) is 146 cm³/mol. The fraction of sp³-hybridized carbons (Fsp3) is 0.310. The number of pyridine rings is 1. The summed E-state index contributed by atoms with van der Waals surface area (Å²) < 4.78 is 5.81. The van der Waals surface area contributed by atoms with Gasteiger partial charge >= 0.3 is 0 Å². The van der Waals surface area contributed by atoms with Gasteiger partial charge in [0.1, 0.15) is 23.0 Å². The molecular weight excluding hydrogens is 464 g/mol. The van der Waals surface area contributed by atoms with Crippen LogP contribution in [0, 0.1) is 6.92 Å². The van der Waals surface area contributed by atoms with Crippen LogP contribution in [0.3, 0.4) is 0 Å². The van der Waals surface area contributed by atoms with Crippen LogP contribution in [0.5, 0.6) is 11.5 Å². The second kappa shape index (κ2) is 10.8. The number of amides is 1. The second-order valence-electron chi connectivity index (χ2n) is 9.74. The molecule has 2 N–H and O–H groups in total. The zero-order valence-corrected chi connectivity index (χ0v) is 21.4. The van der Waals surface area contributed by atoms with Crippen molar-refractivity contribution >= 4 is 28.6 Å². The number of nitrogens with zero attached hydrogens (tertiary/aromatic N) is 4. The lowest BCUT2D eigenvalue weighted by molar-refractivity contribution is 0.0921. The van der Waals surface area contributed by atoms with E-state index < -0.39 is 0 Å². The number of ether oxygens (including phenoxy) is 1. The van der Waals surface area contributed by atoms with Crippen LogP contribution < -0.4 is 20.3 Å². The zero-order valence-electron chi connectivity index (χ0n) is 21.4. The molecule has 2 aromatic carbocycles. The SMILES string of the molecule is Cc1ccc(Oc2ccc(C(=O)NC3CCC(Nc4nc(N(C)C)c5ccccc5n4)CC3)nc2)cc1. The smallest absolute Gasteiger partial charge is 0.270 e. The van der Waals surface area contributed by atoms with Crippen molar-refractivity contribution in [3.8, 4) is 11.5 Å². The fourth-order valence-electron chi connectivity index (χ4n) is 4.61. The number of hydrogen-bond donors (Lipinski definition) is 2. The minimum atomic E-state index is -0.160. The molecule has 8 heteroatoms. The van der Waals surface area contributed by atoms with E-state index in [2.05, 4.69) is 15.6 Å². The molecule has 1 amide bonds. The Kier molecular flexibility index (Phi) is 7.16. The summed E-state index contributed by atoms with van der Waals surface area (Å²) in [6, 6.07) is 19.7. The molecule has 2 aromatic heterocycles. The van der Waals surface area contributed by atoms with Crippen molar-refractivity contribution in [2.75, 3.05) is 24.3 Å². The molecule has 0 spiro atoms. The summed E-state index contributed by atoms with van der Waals surface area (Å²) in [4.78, 5) is 28.6. The summed E-state index contributed by atoms with van der Waals surface area (Å²) in [5.74, 6) is 2.72. The number of carbonyl (C=O) groups excluding carboxylic acids is 1. The third kappa shape index (κ3) is 5.97. The third-order valence-corrected chi connectivity index (χ3v) is 6.63. The first-order chi connectivity index (χ1) is 17.9. The molecule has 37 heavy (non-hydrogen) atoms. The summed E-state index contributed by atoms with van der Waals surface area (Å²) in [5.41, 5.74) is 2.48. The molecule has 4 aromatic rings. The number of carbonyl (C=O) groups is 1. The van der Waals surface area contributed by atoms with Crippen molar-refractivity contribution in [2.24, 2.45) is 0 Å². The lowest BCUT2D eigenvalue weighted by Crippen LogP contribution is -2.40. The second-order valence-corrected chi connectivity index (χ2v) is 9.74. The minimum absolute atomic E-state index is 0.116. The van der Waals surface area contributed by atoms with E-state index in [0.29, 0.717) is 17.4 Å². The average molecular weight is 497 g/mol. The molecule has 0 bridgehead atoms. The van der Waals surface area contributed by atoms with Crippen molar-refractivity contribution in [3.63, 3.8) is 0 Å². The summed E-state index contributed by atoms with van der Waals surface area (Å²) >= 11 is 0. The van der Waals surface area contributed by atoms with Crippen LogP contribution in [0.15, 0.2) is 66.9 Å². The zero-order chi connectivity index (χ0) is 25.8. The first-order valence-corrected chi connectivity index (χ1v) is 12.7. The number of rotatable bonds is 7. The highest BCUT2D eigenvalue weighted by Crippen LogP contribution is 2.27. The largest absolute Gasteiger partial charge is 0.456 e. The number of hydrogen-bond acceptors (Lipinski definition) is 7. The van der Waals surface area contributed by atoms with Gasteiger partial charge in [0.2, 0.25) is 5.95 Å². The topological polar surface area (TPSA) is 92.3 Å². The van der Waals surface area contributed by atoms with Gasteiger partial charge in [0.05, 0.1) is 11.7 Å². The Hall–Kier alpha value is -4.20. The van der Waals surface area contributed by atoms with Crippen LogP contribution in [-0.2, 0) is 0 Å². The standard InChI is InChI=1S/C29H32N6O2/c1-19-8-14-22(15-9-19)37-23-16-17-26(30-18-23)28(36)31-20-10-12-21(13-11-20)32-29-33-25-7-5-4-6-24(25)27(34-29)35(2)3/h4-9,14-18,20-21H,10-13H2,1-3H3,(H,31,36)(H,32,33,34). The highest BCUT2D eigenvalue weighted by Gasteiger charge is 2.24. The number of fused-ring (bicyclic) bond motifs is 1. The van der Waals surface area contributed by atoms with Crippen molar-refractivity contribution in [2.45, 2.75) is 44.7 Å². The maximum atomic E-state index is 12.8. The maximum Gasteiger partial charge on any atom is 0.270 e. The lowest BCUT2D eigenvalue weighted by Gasteiger charge is -2.30. The minimum Gasteiger partial charge on any atom is -0.456 e. The molecule has 0 radical (unpaired) electrons. The Morgan fingerprint density at radius 1 is 0.892 bits per heavy atom. The van der Waals surface area contributed by atoms with Crippen molar-refractivity contribution in [1.29, 1.82) is 0 Å². The van der Waals surface area contributed by atoms with Gasteiger partial charge in [-0.2, -0.15) is 4.98 Å². The lowest BCUT2D eigenvalue weighted by atomic mass is 9.91. The normalized spacial score (nSPS) is 17.3. The number of anilines is 2. The number of para-hydroxylation sites is 1. The van der Waals surface area contributed by atoms with E-state index >= 15 is 0 Å². The summed E-state index contributed by atoms with van der Waals surface area (Å²) in [6.45, 7) is 2.03. The monoisotopic (exact) mass is 496 g/mol. The Balaban J connectivity index is 1.14. The van der Waals surface area contributed by atoms with Gasteiger partial charge in [0.15, 0.2) is 0 Å². The number of aromatic nitrogens is 3. The van der Waals surface area contributed by atoms with Crippen LogP contribution in [-0.4, -0.2) is 47.0 Å². The maximum absolute atomic E-state index is 12.8. The van der Waals surface area contributed by atoms with Gasteiger partial charge < -0.3 is 20.3 Å². The Morgan fingerprint density at radius 3 is 2.30 bits per heavy atom. The van der Waals surface area contributed by atoms with Gasteiger partial charge in [0, 0.05) is 31.6 Å². The number of nitrogens with one attached hydrogen (secondary N) is 2. The molecule has 0 saturated heterocycles. The van der Waals surface area contributed by atoms with Crippen molar-refractivity contribution in [3.05, 3.63) is 78.1 Å². The summed E-state index contributed by atoms with van der Waals surface area (Å²) in [7, 11) is 3.98. The van der Waals surface area contributed by atoms with Gasteiger partial charge in [-0.25, -0.2) is 9.97 Å². The first-order valence-electron chi connectivity index (χ1n) is 12.7. The molecule has 190 valence electrons. The molecule has 0 unspecified atom stereocenters. The van der Waals surface area contributed by atoms with E-state index in [9.17, 15) is 4.79 Å². The van der Waals surface area contributed by atoms with E-state index in [-0.39, 0.29) is 18.0 Å². The van der Waals surface area contributed by atoms with E-state index in [1.54, 1.807) is 18.3 Å². The van der Waals surface area contributed by atoms with Gasteiger partial charge in [-0.3, -0.25) is 4.79 Å². The molecular formula is C29H32N6O2. The Labute approximate surface area is 217 Å². The van der Waals surface area contributed by atoms with Gasteiger partial charge in [-0.05, 0) is 69.0 Å². The summed E-state index contributed by atoms with van der Waals surface area (Å²) in [5, 5.41) is 7.69. The van der Waals surface area contributed by atoms with Crippen LogP contribution >= 0.6 is 0 Å². The molecule has 1 fully saturated rings. The third-order valence-electron chi connectivity index (χ3n) is 6.63. The Bertz CT molecular complexity index is 1360. The van der Waals surface area contributed by atoms with Crippen LogP contribution in [0.4, 0.5) is 11.8 Å². The summed E-state index contributed by atoms with van der Waals surface area (Å²) in [6.07, 6.45) is 5.20. The van der Waals surface area contributed by atoms with Gasteiger partial charge in [-0.1, -0.05) is 29.8 Å². The fourth-order valence-corrected chi connectivity index (χ4v) is 4.61. The van der Waals surface area contributed by atoms with Gasteiger partial charge in [-0.15, -0.1) is 0 Å². The predicted octanol–water partition coefficient (Wildman–Crippen LogP) is 5.34. The molecule has 2 heterocycles. The average Bonchev–Trinajstić information content (AvgIpc) is 2.91. The van der Waals surface area contributed by atoms with Crippen molar-refractivity contribution in [1.82, 2.24) is 20.3 Å². The van der Waals surface area contributed by atoms with Crippen LogP contribution in [0.2, 0.25) is 0 Å². The molecule has 0 atom stereocenters. The van der Waals surface area contributed by atoms with E-state index in [4.69, 9.17) is 14.7 Å². The van der Waals surface area contributed by atoms with E-state index in [1.807, 2.05) is 74.4 Å². The van der Waals surface area contributed by atoms with E-state index in [1.165, 1.54) is 5.56 Å². The van der Waals surface area contributed by atoms with Crippen molar-refractivity contribution < 1.29 is 9.53 Å². The van der Waals surface area contributed by atoms with Gasteiger partial charge in [0.25, 0.3) is 5.91 Å². The highest BCUT2D eigenvalue weighted by molar-refractivity contribution is 5.92. The first kappa shape index (κ1) is 24.5. The Morgan fingerprint density at radius 2 is 1.59 bits per heavy atom. The molecule has 8 nitrogen and oxygen atoms in total. The molecule has 1 aliphatic rings. The number of aryl methyl sites for hydroxylation is 1. The quantitative estimate of drug-likeness (QED) is 0.357.